The van der Waals surface area contributed by atoms with Crippen LogP contribution in [0.2, 0.25) is 0 Å². The van der Waals surface area contributed by atoms with E-state index in [0.29, 0.717) is 5.92 Å². The van der Waals surface area contributed by atoms with E-state index >= 15 is 0 Å². The molecule has 7 heteroatoms. The van der Waals surface area contributed by atoms with Crippen molar-refractivity contribution in [1.82, 2.24) is 9.97 Å². The van der Waals surface area contributed by atoms with E-state index in [1.807, 2.05) is 64.2 Å². The summed E-state index contributed by atoms with van der Waals surface area (Å²) in [5.74, 6) is 0.897. The first-order chi connectivity index (χ1) is 24.5. The Hall–Kier alpha value is -2.96. The maximum absolute atomic E-state index is 12.2. The molecular formula is C46H57IrN2O2S2-. The number of carbonyl (C=O) groups is 1. The summed E-state index contributed by atoms with van der Waals surface area (Å²) in [6.45, 7) is 25.8. The first-order valence-electron chi connectivity index (χ1n) is 19.0. The summed E-state index contributed by atoms with van der Waals surface area (Å²) in [4.78, 5) is 23.3. The third-order valence-corrected chi connectivity index (χ3v) is 13.7. The maximum Gasteiger partial charge on any atom is 0.164 e. The van der Waals surface area contributed by atoms with Gasteiger partial charge in [-0.05, 0) is 68.1 Å². The number of aryl methyl sites for hydroxylation is 1. The van der Waals surface area contributed by atoms with Gasteiger partial charge in [-0.1, -0.05) is 105 Å². The number of hydrogen-bond acceptors (Lipinski definition) is 6. The van der Waals surface area contributed by atoms with Gasteiger partial charge in [-0.3, -0.25) is 9.78 Å². The van der Waals surface area contributed by atoms with E-state index in [-0.39, 0.29) is 47.9 Å². The van der Waals surface area contributed by atoms with Gasteiger partial charge in [0.25, 0.3) is 0 Å². The van der Waals surface area contributed by atoms with Crippen molar-refractivity contribution in [3.8, 4) is 11.3 Å². The molecule has 53 heavy (non-hydrogen) atoms. The zero-order valence-electron chi connectivity index (χ0n) is 33.7. The molecule has 1 radical (unpaired) electrons. The van der Waals surface area contributed by atoms with Crippen molar-refractivity contribution in [2.24, 2.45) is 16.7 Å². The minimum atomic E-state index is -0.337. The number of aliphatic hydroxyl groups is 1. The third kappa shape index (κ3) is 8.49. The quantitative estimate of drug-likeness (QED) is 0.0845. The molecule has 3 aromatic heterocycles. The van der Waals surface area contributed by atoms with Crippen LogP contribution in [0.15, 0.2) is 60.6 Å². The van der Waals surface area contributed by atoms with Gasteiger partial charge in [0.2, 0.25) is 0 Å². The zero-order chi connectivity index (χ0) is 38.2. The second kappa shape index (κ2) is 16.8. The Morgan fingerprint density at radius 3 is 2.06 bits per heavy atom. The molecule has 0 fully saturated rings. The summed E-state index contributed by atoms with van der Waals surface area (Å²) in [5.41, 5.74) is 5.33. The van der Waals surface area contributed by atoms with Crippen LogP contribution >= 0.6 is 22.7 Å². The fourth-order valence-electron chi connectivity index (χ4n) is 6.94. The van der Waals surface area contributed by atoms with Gasteiger partial charge in [-0.25, -0.2) is 4.98 Å². The summed E-state index contributed by atoms with van der Waals surface area (Å²) < 4.78 is 3.80. The molecule has 0 aliphatic carbocycles. The van der Waals surface area contributed by atoms with Gasteiger partial charge >= 0.3 is 0 Å². The molecule has 0 bridgehead atoms. The zero-order valence-corrected chi connectivity index (χ0v) is 37.7. The fourth-order valence-corrected chi connectivity index (χ4v) is 9.21. The predicted molar refractivity (Wildman–Crippen MR) is 227 cm³/mol. The number of rotatable bonds is 10. The largest absolute Gasteiger partial charge is 0.512 e. The van der Waals surface area contributed by atoms with Crippen molar-refractivity contribution >= 4 is 69.6 Å². The predicted octanol–water partition coefficient (Wildman–Crippen LogP) is 14.1. The minimum absolute atomic E-state index is 0. The van der Waals surface area contributed by atoms with E-state index in [1.165, 1.54) is 47.6 Å². The molecule has 3 aromatic carbocycles. The van der Waals surface area contributed by atoms with Crippen LogP contribution in [0.5, 0.6) is 0 Å². The van der Waals surface area contributed by atoms with Crippen LogP contribution in [0.4, 0.5) is 0 Å². The second-order valence-electron chi connectivity index (χ2n) is 16.4. The molecule has 6 aromatic rings. The SMILES string of the molecule is CCC(C)(CC)C(=O)/C=C(\O)C(C)(CC)CC.Cc1sc2ccc3sc4c(-c5[c-]c6ccccc6c(C(C)(C)C)c5)ncnc4c3c2c1CC(C)C.[Ir]. The number of fused-ring (bicyclic) bond motifs is 6. The smallest absolute Gasteiger partial charge is 0.164 e. The number of allylic oxidation sites excluding steroid dienone is 2. The van der Waals surface area contributed by atoms with Crippen molar-refractivity contribution in [3.05, 3.63) is 82.7 Å². The average Bonchev–Trinajstić information content (AvgIpc) is 3.66. The van der Waals surface area contributed by atoms with Crippen LogP contribution in [0.25, 0.3) is 52.4 Å². The molecule has 0 saturated carbocycles. The van der Waals surface area contributed by atoms with Gasteiger partial charge in [-0.2, -0.15) is 0 Å². The Balaban J connectivity index is 0.000000299. The first-order valence-corrected chi connectivity index (χ1v) is 20.6. The number of thiophene rings is 2. The van der Waals surface area contributed by atoms with Gasteiger partial charge < -0.3 is 5.11 Å². The molecular weight excluding hydrogens is 869 g/mol. The van der Waals surface area contributed by atoms with Crippen LogP contribution in [-0.2, 0) is 36.7 Å². The molecule has 0 amide bonds. The maximum atomic E-state index is 12.2. The molecule has 0 saturated heterocycles. The summed E-state index contributed by atoms with van der Waals surface area (Å²) in [7, 11) is 0. The van der Waals surface area contributed by atoms with Crippen LogP contribution < -0.4 is 0 Å². The van der Waals surface area contributed by atoms with E-state index in [0.717, 1.165) is 59.0 Å². The second-order valence-corrected chi connectivity index (χ2v) is 18.7. The summed E-state index contributed by atoms with van der Waals surface area (Å²) in [6.07, 6.45) is 7.59. The van der Waals surface area contributed by atoms with Gasteiger partial charge in [0, 0.05) is 72.5 Å². The van der Waals surface area contributed by atoms with Gasteiger partial charge in [-0.15, -0.1) is 51.8 Å². The number of aliphatic hydroxyl groups excluding tert-OH is 1. The van der Waals surface area contributed by atoms with Crippen molar-refractivity contribution in [3.63, 3.8) is 0 Å². The normalized spacial score (nSPS) is 12.8. The van der Waals surface area contributed by atoms with Crippen molar-refractivity contribution in [2.45, 2.75) is 121 Å². The Labute approximate surface area is 338 Å². The molecule has 6 rings (SSSR count). The Bertz CT molecular complexity index is 2260. The molecule has 1 N–H and O–H groups in total. The molecule has 0 spiro atoms. The van der Waals surface area contributed by atoms with Gasteiger partial charge in [0.1, 0.15) is 12.1 Å². The number of nitrogens with zero attached hydrogens (tertiary/aromatic N) is 2. The van der Waals surface area contributed by atoms with Crippen LogP contribution in [0.1, 0.15) is 118 Å². The summed E-state index contributed by atoms with van der Waals surface area (Å²) in [6, 6.07) is 19.1. The number of hydrogen-bond donors (Lipinski definition) is 1. The van der Waals surface area contributed by atoms with Crippen LogP contribution in [0, 0.1) is 29.7 Å². The molecule has 4 nitrogen and oxygen atoms in total. The Morgan fingerprint density at radius 1 is 0.868 bits per heavy atom. The van der Waals surface area contributed by atoms with Gasteiger partial charge in [0.15, 0.2) is 5.78 Å². The molecule has 0 aliphatic heterocycles. The van der Waals surface area contributed by atoms with Crippen LogP contribution in [-0.4, -0.2) is 20.9 Å². The molecule has 285 valence electrons. The Morgan fingerprint density at radius 2 is 1.47 bits per heavy atom. The van der Waals surface area contributed by atoms with Crippen molar-refractivity contribution in [2.75, 3.05) is 0 Å². The van der Waals surface area contributed by atoms with Crippen LogP contribution in [0.3, 0.4) is 0 Å². The Kier molecular flexibility index (Phi) is 13.6. The third-order valence-electron chi connectivity index (χ3n) is 11.4. The molecule has 3 heterocycles. The topological polar surface area (TPSA) is 63.1 Å². The fraction of sp³-hybridized carbons (Fsp3) is 0.457. The first kappa shape index (κ1) is 42.8. The summed E-state index contributed by atoms with van der Waals surface area (Å²) in [5, 5.41) is 15.2. The number of aromatic nitrogens is 2. The van der Waals surface area contributed by atoms with Crippen molar-refractivity contribution in [1.29, 1.82) is 0 Å². The van der Waals surface area contributed by atoms with E-state index in [4.69, 9.17) is 9.97 Å². The number of carbonyl (C=O) groups excluding carboxylic acids is 1. The average molecular weight is 926 g/mol. The standard InChI is InChI=1S/C31H29N2S2.C15H28O2.Ir/c1-17(2)13-22-18(3)34-24-11-12-25-27(26(22)24)29-30(35-25)28(32-16-33-29)20-14-19-9-7-8-10-21(19)23(15-20)31(4,5)6;1-7-14(5,8-2)12(16)11-13(17)15(6,9-3)10-4;/h7-12,15-17H,13H2,1-6H3;11,16H,7-10H2,1-6H3;/q-1;;/b;12-11-;. The molecule has 0 aliphatic rings. The van der Waals surface area contributed by atoms with Gasteiger partial charge in [0.05, 0.1) is 5.52 Å². The number of ketones is 1. The molecule has 0 unspecified atom stereocenters. The minimum Gasteiger partial charge on any atom is -0.512 e. The monoisotopic (exact) mass is 926 g/mol. The summed E-state index contributed by atoms with van der Waals surface area (Å²) >= 11 is 3.72. The van der Waals surface area contributed by atoms with E-state index in [1.54, 1.807) is 6.33 Å². The van der Waals surface area contributed by atoms with E-state index in [2.05, 4.69) is 90.1 Å². The van der Waals surface area contributed by atoms with E-state index in [9.17, 15) is 9.90 Å². The van der Waals surface area contributed by atoms with E-state index < -0.39 is 0 Å². The number of benzene rings is 3. The van der Waals surface area contributed by atoms with Crippen molar-refractivity contribution < 1.29 is 30.0 Å². The molecule has 0 atom stereocenters.